The molecule has 0 fully saturated rings. The summed E-state index contributed by atoms with van der Waals surface area (Å²) in [6.45, 7) is 2.63. The smallest absolute Gasteiger partial charge is 0.251 e. The number of hydrogen-bond acceptors (Lipinski definition) is 2. The summed E-state index contributed by atoms with van der Waals surface area (Å²) in [5, 5.41) is 12.4. The van der Waals surface area contributed by atoms with E-state index in [2.05, 4.69) is 40.3 Å². The van der Waals surface area contributed by atoms with Gasteiger partial charge in [0.05, 0.1) is 4.47 Å². The highest BCUT2D eigenvalue weighted by Crippen LogP contribution is 2.24. The molecule has 0 aliphatic carbocycles. The van der Waals surface area contributed by atoms with Gasteiger partial charge in [0.15, 0.2) is 0 Å². The molecule has 0 aliphatic heterocycles. The molecule has 1 amide bonds. The van der Waals surface area contributed by atoms with E-state index in [9.17, 15) is 9.90 Å². The summed E-state index contributed by atoms with van der Waals surface area (Å²) in [6.07, 6.45) is 0.793. The normalized spacial score (nSPS) is 10.3. The van der Waals surface area contributed by atoms with E-state index < -0.39 is 0 Å². The zero-order valence-electron chi connectivity index (χ0n) is 11.2. The van der Waals surface area contributed by atoms with Gasteiger partial charge in [0.1, 0.15) is 5.75 Å². The summed E-state index contributed by atoms with van der Waals surface area (Å²) in [4.78, 5) is 11.9. The van der Waals surface area contributed by atoms with E-state index in [0.29, 0.717) is 16.6 Å². The second-order valence-electron chi connectivity index (χ2n) is 4.60. The van der Waals surface area contributed by atoms with E-state index in [-0.39, 0.29) is 11.7 Å². The number of amides is 1. The number of hydrogen-bond donors (Lipinski definition) is 2. The minimum Gasteiger partial charge on any atom is -0.507 e. The number of aryl methyl sites for hydroxylation is 1. The number of phenols is 1. The number of carbonyl (C=O) groups is 1. The number of nitrogens with one attached hydrogen (secondary N) is 1. The molecule has 4 heteroatoms. The fourth-order valence-electron chi connectivity index (χ4n) is 1.96. The Morgan fingerprint density at radius 1 is 1.25 bits per heavy atom. The molecule has 2 rings (SSSR count). The van der Waals surface area contributed by atoms with Crippen molar-refractivity contribution < 1.29 is 9.90 Å². The predicted octanol–water partition coefficient (Wildman–Crippen LogP) is 3.44. The number of aromatic hydroxyl groups is 1. The lowest BCUT2D eigenvalue weighted by atomic mass is 10.1. The van der Waals surface area contributed by atoms with Crippen molar-refractivity contribution in [1.82, 2.24) is 5.32 Å². The highest BCUT2D eigenvalue weighted by molar-refractivity contribution is 9.10. The Balaban J connectivity index is 1.92. The van der Waals surface area contributed by atoms with Crippen LogP contribution in [0.25, 0.3) is 0 Å². The van der Waals surface area contributed by atoms with E-state index >= 15 is 0 Å². The van der Waals surface area contributed by atoms with Crippen molar-refractivity contribution in [2.24, 2.45) is 0 Å². The first-order valence-electron chi connectivity index (χ1n) is 6.39. The third-order valence-electron chi connectivity index (χ3n) is 3.15. The minimum atomic E-state index is -0.179. The number of carbonyl (C=O) groups excluding carboxylic acids is 1. The average Bonchev–Trinajstić information content (AvgIpc) is 2.44. The Morgan fingerprint density at radius 2 is 2.00 bits per heavy atom. The van der Waals surface area contributed by atoms with Gasteiger partial charge < -0.3 is 10.4 Å². The fourth-order valence-corrected chi connectivity index (χ4v) is 2.20. The summed E-state index contributed by atoms with van der Waals surface area (Å²) < 4.78 is 0.578. The van der Waals surface area contributed by atoms with Crippen LogP contribution in [0.5, 0.6) is 5.75 Å². The van der Waals surface area contributed by atoms with Crippen LogP contribution < -0.4 is 5.32 Å². The van der Waals surface area contributed by atoms with Gasteiger partial charge in [-0.3, -0.25) is 4.79 Å². The average molecular weight is 334 g/mol. The second kappa shape index (κ2) is 6.57. The van der Waals surface area contributed by atoms with Gasteiger partial charge in [-0.05, 0) is 58.6 Å². The minimum absolute atomic E-state index is 0.0663. The van der Waals surface area contributed by atoms with Crippen molar-refractivity contribution in [2.45, 2.75) is 13.3 Å². The van der Waals surface area contributed by atoms with Crippen LogP contribution in [0.3, 0.4) is 0 Å². The number of phenolic OH excluding ortho intramolecular Hbond substituents is 1. The fraction of sp³-hybridized carbons (Fsp3) is 0.188. The maximum Gasteiger partial charge on any atom is 0.251 e. The number of rotatable bonds is 4. The quantitative estimate of drug-likeness (QED) is 0.900. The Kier molecular flexibility index (Phi) is 4.79. The van der Waals surface area contributed by atoms with Crippen molar-refractivity contribution in [3.8, 4) is 5.75 Å². The van der Waals surface area contributed by atoms with Crippen molar-refractivity contribution in [3.63, 3.8) is 0 Å². The van der Waals surface area contributed by atoms with Gasteiger partial charge in [0.25, 0.3) is 5.91 Å². The lowest BCUT2D eigenvalue weighted by Crippen LogP contribution is -2.25. The molecular formula is C16H16BrNO2. The van der Waals surface area contributed by atoms with Gasteiger partial charge in [0, 0.05) is 12.1 Å². The molecule has 3 nitrogen and oxygen atoms in total. The topological polar surface area (TPSA) is 49.3 Å². The molecule has 0 saturated heterocycles. The highest BCUT2D eigenvalue weighted by atomic mass is 79.9. The van der Waals surface area contributed by atoms with Gasteiger partial charge in [-0.25, -0.2) is 0 Å². The van der Waals surface area contributed by atoms with Gasteiger partial charge in [-0.2, -0.15) is 0 Å². The zero-order valence-corrected chi connectivity index (χ0v) is 12.8. The zero-order chi connectivity index (χ0) is 14.5. The third-order valence-corrected chi connectivity index (χ3v) is 3.82. The molecule has 0 atom stereocenters. The molecule has 0 aromatic heterocycles. The van der Waals surface area contributed by atoms with Crippen LogP contribution in [0.1, 0.15) is 21.5 Å². The third kappa shape index (κ3) is 3.61. The lowest BCUT2D eigenvalue weighted by Gasteiger charge is -2.08. The van der Waals surface area contributed by atoms with Crippen molar-refractivity contribution >= 4 is 21.8 Å². The first-order chi connectivity index (χ1) is 9.58. The van der Waals surface area contributed by atoms with Crippen LogP contribution in [0.2, 0.25) is 0 Å². The number of benzene rings is 2. The summed E-state index contributed by atoms with van der Waals surface area (Å²) in [6, 6.07) is 12.9. The van der Waals surface area contributed by atoms with Crippen LogP contribution in [0, 0.1) is 6.92 Å². The second-order valence-corrected chi connectivity index (χ2v) is 5.45. The Bertz CT molecular complexity index is 626. The molecule has 104 valence electrons. The molecule has 20 heavy (non-hydrogen) atoms. The van der Waals surface area contributed by atoms with Crippen LogP contribution in [-0.2, 0) is 6.42 Å². The van der Waals surface area contributed by atoms with Crippen LogP contribution in [0.15, 0.2) is 46.9 Å². The standard InChI is InChI=1S/C16H16BrNO2/c1-11-4-2-3-5-12(11)8-9-18-16(20)13-6-7-14(17)15(19)10-13/h2-7,10,19H,8-9H2,1H3,(H,18,20). The van der Waals surface area contributed by atoms with E-state index in [1.54, 1.807) is 12.1 Å². The molecule has 2 aromatic rings. The van der Waals surface area contributed by atoms with Gasteiger partial charge in [-0.15, -0.1) is 0 Å². The van der Waals surface area contributed by atoms with Crippen LogP contribution in [0.4, 0.5) is 0 Å². The van der Waals surface area contributed by atoms with Gasteiger partial charge >= 0.3 is 0 Å². The van der Waals surface area contributed by atoms with Crippen molar-refractivity contribution in [1.29, 1.82) is 0 Å². The SMILES string of the molecule is Cc1ccccc1CCNC(=O)c1ccc(Br)c(O)c1. The summed E-state index contributed by atoms with van der Waals surface area (Å²) >= 11 is 3.19. The molecule has 2 aromatic carbocycles. The Morgan fingerprint density at radius 3 is 2.70 bits per heavy atom. The molecular weight excluding hydrogens is 318 g/mol. The van der Waals surface area contributed by atoms with E-state index in [4.69, 9.17) is 0 Å². The summed E-state index contributed by atoms with van der Waals surface area (Å²) in [7, 11) is 0. The van der Waals surface area contributed by atoms with Crippen molar-refractivity contribution in [2.75, 3.05) is 6.54 Å². The molecule has 0 spiro atoms. The molecule has 0 saturated carbocycles. The van der Waals surface area contributed by atoms with Gasteiger partial charge in [-0.1, -0.05) is 24.3 Å². The first-order valence-corrected chi connectivity index (χ1v) is 7.18. The van der Waals surface area contributed by atoms with Crippen molar-refractivity contribution in [3.05, 3.63) is 63.6 Å². The van der Waals surface area contributed by atoms with E-state index in [1.807, 2.05) is 12.1 Å². The monoisotopic (exact) mass is 333 g/mol. The molecule has 0 aliphatic rings. The largest absolute Gasteiger partial charge is 0.507 e. The maximum absolute atomic E-state index is 11.9. The molecule has 0 bridgehead atoms. The predicted molar refractivity (Wildman–Crippen MR) is 83.0 cm³/mol. The van der Waals surface area contributed by atoms with E-state index in [0.717, 1.165) is 6.42 Å². The first kappa shape index (κ1) is 14.6. The lowest BCUT2D eigenvalue weighted by molar-refractivity contribution is 0.0953. The Hall–Kier alpha value is -1.81. The van der Waals surface area contributed by atoms with E-state index in [1.165, 1.54) is 17.2 Å². The summed E-state index contributed by atoms with van der Waals surface area (Å²) in [5.74, 6) is -0.113. The van der Waals surface area contributed by atoms with Crippen LogP contribution in [-0.4, -0.2) is 17.6 Å². The maximum atomic E-state index is 11.9. The van der Waals surface area contributed by atoms with Crippen LogP contribution >= 0.6 is 15.9 Å². The molecule has 0 unspecified atom stereocenters. The molecule has 2 N–H and O–H groups in total. The number of halogens is 1. The molecule has 0 radical (unpaired) electrons. The molecule has 0 heterocycles. The highest BCUT2D eigenvalue weighted by Gasteiger charge is 2.07. The Labute approximate surface area is 126 Å². The van der Waals surface area contributed by atoms with Gasteiger partial charge in [0.2, 0.25) is 0 Å². The summed E-state index contributed by atoms with van der Waals surface area (Å²) in [5.41, 5.74) is 2.91.